The monoisotopic (exact) mass is 392 g/mol. The van der Waals surface area contributed by atoms with Crippen molar-refractivity contribution in [1.82, 2.24) is 0 Å². The first kappa shape index (κ1) is 24.2. The topological polar surface area (TPSA) is 61.8 Å². The van der Waals surface area contributed by atoms with Crippen LogP contribution in [-0.2, 0) is 30.4 Å². The molecule has 5 heteroatoms. The summed E-state index contributed by atoms with van der Waals surface area (Å²) in [5, 5.41) is 0. The third kappa shape index (κ3) is 12.5. The molecule has 0 spiro atoms. The Balaban J connectivity index is 2.27. The molecule has 0 atom stereocenters. The Kier molecular flexibility index (Phi) is 13.9. The second-order valence-corrected chi connectivity index (χ2v) is 6.94. The van der Waals surface area contributed by atoms with Crippen LogP contribution in [0.25, 0.3) is 0 Å². The second kappa shape index (κ2) is 16.1. The van der Waals surface area contributed by atoms with Gasteiger partial charge in [-0.05, 0) is 63.9 Å². The van der Waals surface area contributed by atoms with Crippen molar-refractivity contribution >= 4 is 11.9 Å². The van der Waals surface area contributed by atoms with Crippen molar-refractivity contribution in [3.63, 3.8) is 0 Å². The van der Waals surface area contributed by atoms with Gasteiger partial charge < -0.3 is 14.2 Å². The van der Waals surface area contributed by atoms with Crippen molar-refractivity contribution < 1.29 is 23.8 Å². The van der Waals surface area contributed by atoms with Crippen LogP contribution in [0.4, 0.5) is 0 Å². The van der Waals surface area contributed by atoms with Crippen molar-refractivity contribution in [2.75, 3.05) is 19.8 Å². The van der Waals surface area contributed by atoms with E-state index in [-0.39, 0.29) is 11.9 Å². The minimum absolute atomic E-state index is 0.126. The number of carbonyl (C=O) groups is 2. The average molecular weight is 393 g/mol. The molecule has 0 saturated carbocycles. The van der Waals surface area contributed by atoms with Crippen LogP contribution in [0.3, 0.4) is 0 Å². The first-order chi connectivity index (χ1) is 13.7. The lowest BCUT2D eigenvalue weighted by molar-refractivity contribution is -0.144. The number of hydrogen-bond acceptors (Lipinski definition) is 5. The molecule has 0 amide bonds. The predicted molar refractivity (Wildman–Crippen MR) is 110 cm³/mol. The van der Waals surface area contributed by atoms with Gasteiger partial charge in [-0.2, -0.15) is 0 Å². The fourth-order valence-electron chi connectivity index (χ4n) is 3.21. The average Bonchev–Trinajstić information content (AvgIpc) is 2.68. The van der Waals surface area contributed by atoms with E-state index < -0.39 is 0 Å². The number of carbonyl (C=O) groups excluding carboxylic acids is 2. The minimum atomic E-state index is -0.126. The Labute approximate surface area is 169 Å². The Morgan fingerprint density at radius 2 is 1.36 bits per heavy atom. The van der Waals surface area contributed by atoms with E-state index in [2.05, 4.69) is 12.1 Å². The van der Waals surface area contributed by atoms with Crippen LogP contribution >= 0.6 is 0 Å². The summed E-state index contributed by atoms with van der Waals surface area (Å²) in [6.07, 6.45) is 6.55. The molecule has 0 saturated heterocycles. The molecular formula is C23H36O5. The fourth-order valence-corrected chi connectivity index (χ4v) is 3.21. The molecule has 158 valence electrons. The predicted octanol–water partition coefficient (Wildman–Crippen LogP) is 5.07. The molecule has 0 aliphatic heterocycles. The summed E-state index contributed by atoms with van der Waals surface area (Å²) >= 11 is 0. The van der Waals surface area contributed by atoms with Gasteiger partial charge in [0.2, 0.25) is 0 Å². The van der Waals surface area contributed by atoms with E-state index in [1.54, 1.807) is 0 Å². The highest BCUT2D eigenvalue weighted by atomic mass is 16.5. The molecule has 0 unspecified atom stereocenters. The Morgan fingerprint density at radius 3 is 1.89 bits per heavy atom. The lowest BCUT2D eigenvalue weighted by Gasteiger charge is -2.16. The minimum Gasteiger partial charge on any atom is -0.466 e. The lowest BCUT2D eigenvalue weighted by atomic mass is 9.91. The van der Waals surface area contributed by atoms with E-state index in [4.69, 9.17) is 14.2 Å². The van der Waals surface area contributed by atoms with Crippen molar-refractivity contribution in [3.8, 4) is 0 Å². The molecule has 0 aromatic heterocycles. The van der Waals surface area contributed by atoms with Gasteiger partial charge in [-0.3, -0.25) is 9.59 Å². The quantitative estimate of drug-likeness (QED) is 0.290. The van der Waals surface area contributed by atoms with Gasteiger partial charge >= 0.3 is 11.9 Å². The first-order valence-electron chi connectivity index (χ1n) is 10.6. The molecule has 0 bridgehead atoms. The van der Waals surface area contributed by atoms with Gasteiger partial charge in [0.15, 0.2) is 0 Å². The van der Waals surface area contributed by atoms with Gasteiger partial charge in [0.1, 0.15) is 0 Å². The van der Waals surface area contributed by atoms with Crippen LogP contribution in [0, 0.1) is 5.92 Å². The zero-order valence-electron chi connectivity index (χ0n) is 17.5. The first-order valence-corrected chi connectivity index (χ1v) is 10.6. The maximum atomic E-state index is 11.5. The molecule has 0 aliphatic rings. The molecule has 1 aromatic carbocycles. The molecule has 1 rings (SSSR count). The summed E-state index contributed by atoms with van der Waals surface area (Å²) < 4.78 is 15.8. The van der Waals surface area contributed by atoms with Crippen LogP contribution in [-0.4, -0.2) is 31.8 Å². The van der Waals surface area contributed by atoms with Crippen LogP contribution in [0.5, 0.6) is 0 Å². The largest absolute Gasteiger partial charge is 0.466 e. The van der Waals surface area contributed by atoms with Crippen molar-refractivity contribution in [2.45, 2.75) is 71.8 Å². The second-order valence-electron chi connectivity index (χ2n) is 6.94. The molecule has 0 aliphatic carbocycles. The molecule has 28 heavy (non-hydrogen) atoms. The number of benzene rings is 1. The zero-order valence-corrected chi connectivity index (χ0v) is 17.5. The van der Waals surface area contributed by atoms with Crippen molar-refractivity contribution in [2.24, 2.45) is 5.92 Å². The van der Waals surface area contributed by atoms with Gasteiger partial charge in [-0.25, -0.2) is 0 Å². The highest BCUT2D eigenvalue weighted by Gasteiger charge is 2.12. The Hall–Kier alpha value is -1.88. The van der Waals surface area contributed by atoms with Gasteiger partial charge in [0.25, 0.3) is 0 Å². The standard InChI is InChI=1S/C23H36O5/c1-3-27-22(24)16-8-13-20(14-9-17-23(25)28-4-2)15-10-18-26-19-21-11-6-5-7-12-21/h5-7,11-12,20H,3-4,8-10,13-19H2,1-2H3. The Morgan fingerprint density at radius 1 is 0.821 bits per heavy atom. The fraction of sp³-hybridized carbons (Fsp3) is 0.652. The van der Waals surface area contributed by atoms with E-state index in [0.29, 0.717) is 38.6 Å². The van der Waals surface area contributed by atoms with Crippen molar-refractivity contribution in [1.29, 1.82) is 0 Å². The number of rotatable bonds is 16. The summed E-state index contributed by atoms with van der Waals surface area (Å²) in [5.74, 6) is 0.238. The van der Waals surface area contributed by atoms with Crippen molar-refractivity contribution in [3.05, 3.63) is 35.9 Å². The summed E-state index contributed by atoms with van der Waals surface area (Å²) in [4.78, 5) is 23.1. The molecule has 0 N–H and O–H groups in total. The summed E-state index contributed by atoms with van der Waals surface area (Å²) in [7, 11) is 0. The van der Waals surface area contributed by atoms with Gasteiger partial charge in [0.05, 0.1) is 19.8 Å². The van der Waals surface area contributed by atoms with Crippen LogP contribution < -0.4 is 0 Å². The number of hydrogen-bond donors (Lipinski definition) is 0. The number of esters is 2. The maximum absolute atomic E-state index is 11.5. The molecule has 0 heterocycles. The van der Waals surface area contributed by atoms with Crippen LogP contribution in [0.1, 0.15) is 70.8 Å². The summed E-state index contributed by atoms with van der Waals surface area (Å²) in [5.41, 5.74) is 1.18. The third-order valence-corrected chi connectivity index (χ3v) is 4.61. The van der Waals surface area contributed by atoms with Crippen LogP contribution in [0.2, 0.25) is 0 Å². The molecule has 5 nitrogen and oxygen atoms in total. The third-order valence-electron chi connectivity index (χ3n) is 4.61. The Bertz CT molecular complexity index is 505. The smallest absolute Gasteiger partial charge is 0.305 e. The highest BCUT2D eigenvalue weighted by Crippen LogP contribution is 2.22. The molecule has 0 radical (unpaired) electrons. The number of ether oxygens (including phenoxy) is 3. The molecule has 1 aromatic rings. The lowest BCUT2D eigenvalue weighted by Crippen LogP contribution is -2.09. The normalized spacial score (nSPS) is 10.8. The summed E-state index contributed by atoms with van der Waals surface area (Å²) in [6, 6.07) is 10.2. The SMILES string of the molecule is CCOC(=O)CCCC(CCCOCc1ccccc1)CCCC(=O)OCC. The van der Waals surface area contributed by atoms with Crippen LogP contribution in [0.15, 0.2) is 30.3 Å². The maximum Gasteiger partial charge on any atom is 0.305 e. The highest BCUT2D eigenvalue weighted by molar-refractivity contribution is 5.69. The van der Waals surface area contributed by atoms with E-state index in [1.807, 2.05) is 32.0 Å². The zero-order chi connectivity index (χ0) is 20.5. The van der Waals surface area contributed by atoms with E-state index in [0.717, 1.165) is 45.1 Å². The molecule has 0 fully saturated rings. The van der Waals surface area contributed by atoms with E-state index in [1.165, 1.54) is 5.56 Å². The summed E-state index contributed by atoms with van der Waals surface area (Å²) in [6.45, 7) is 5.87. The van der Waals surface area contributed by atoms with E-state index in [9.17, 15) is 9.59 Å². The van der Waals surface area contributed by atoms with E-state index >= 15 is 0 Å². The van der Waals surface area contributed by atoms with Gasteiger partial charge in [0, 0.05) is 19.4 Å². The van der Waals surface area contributed by atoms with Gasteiger partial charge in [-0.15, -0.1) is 0 Å². The molecular weight excluding hydrogens is 356 g/mol. The van der Waals surface area contributed by atoms with Gasteiger partial charge in [-0.1, -0.05) is 30.3 Å².